The van der Waals surface area contributed by atoms with Crippen molar-refractivity contribution in [2.45, 2.75) is 6.92 Å². The first-order valence-corrected chi connectivity index (χ1v) is 8.10. The summed E-state index contributed by atoms with van der Waals surface area (Å²) in [5.41, 5.74) is 1.80. The molecule has 0 aliphatic carbocycles. The number of anilines is 2. The number of nitrogens with one attached hydrogen (secondary N) is 1. The third kappa shape index (κ3) is 2.77. The third-order valence-electron chi connectivity index (χ3n) is 3.60. The van der Waals surface area contributed by atoms with Crippen LogP contribution in [0.4, 0.5) is 11.4 Å². The van der Waals surface area contributed by atoms with Gasteiger partial charge in [-0.15, -0.1) is 0 Å². The van der Waals surface area contributed by atoms with Gasteiger partial charge in [0.15, 0.2) is 0 Å². The first kappa shape index (κ1) is 16.8. The summed E-state index contributed by atoms with van der Waals surface area (Å²) in [4.78, 5) is 26.1. The Hall–Kier alpha value is -2.01. The van der Waals surface area contributed by atoms with Crippen molar-refractivity contribution in [1.82, 2.24) is 0 Å². The fourth-order valence-corrected chi connectivity index (χ4v) is 2.94. The first-order valence-electron chi connectivity index (χ1n) is 6.97. The minimum Gasteiger partial charge on any atom is -0.349 e. The lowest BCUT2D eigenvalue weighted by Crippen LogP contribution is -2.32. The zero-order valence-electron chi connectivity index (χ0n) is 12.4. The number of hydrogen-bond acceptors (Lipinski definition) is 3. The Bertz CT molecular complexity index is 893. The maximum atomic E-state index is 12.7. The number of para-hydroxylation sites is 1. The molecular weight excluding hydrogens is 371 g/mol. The molecule has 0 unspecified atom stereocenters. The number of aryl methyl sites for hydroxylation is 1. The molecule has 0 fully saturated rings. The van der Waals surface area contributed by atoms with Crippen LogP contribution < -0.4 is 10.2 Å². The van der Waals surface area contributed by atoms with E-state index in [1.807, 2.05) is 25.1 Å². The Morgan fingerprint density at radius 2 is 1.62 bits per heavy atom. The van der Waals surface area contributed by atoms with Gasteiger partial charge in [-0.2, -0.15) is 0 Å². The minimum absolute atomic E-state index is 0.00649. The largest absolute Gasteiger partial charge is 0.349 e. The van der Waals surface area contributed by atoms with Crippen LogP contribution in [0.2, 0.25) is 10.0 Å². The molecule has 2 aromatic rings. The lowest BCUT2D eigenvalue weighted by molar-refractivity contribution is -0.120. The highest BCUT2D eigenvalue weighted by atomic mass is 35.5. The van der Waals surface area contributed by atoms with Gasteiger partial charge in [0.1, 0.15) is 10.7 Å². The number of imide groups is 1. The molecule has 4 nitrogen and oxygen atoms in total. The van der Waals surface area contributed by atoms with Crippen LogP contribution in [0.5, 0.6) is 0 Å². The summed E-state index contributed by atoms with van der Waals surface area (Å²) in [5, 5.41) is 3.09. The molecule has 0 radical (unpaired) electrons. The lowest BCUT2D eigenvalue weighted by atomic mass is 10.2. The topological polar surface area (TPSA) is 49.4 Å². The molecule has 3 rings (SSSR count). The number of carbonyl (C=O) groups excluding carboxylic acids is 2. The Labute approximate surface area is 153 Å². The van der Waals surface area contributed by atoms with Crippen LogP contribution in [0.15, 0.2) is 53.2 Å². The summed E-state index contributed by atoms with van der Waals surface area (Å²) in [6, 6.07) is 12.1. The van der Waals surface area contributed by atoms with E-state index in [1.165, 1.54) is 6.07 Å². The molecule has 122 valence electrons. The molecule has 1 aliphatic heterocycles. The summed E-state index contributed by atoms with van der Waals surface area (Å²) in [7, 11) is 0. The normalized spacial score (nSPS) is 14.6. The SMILES string of the molecule is Cc1ccccc1NC1=C(Cl)C(=O)N(c2cccc(Cl)c2Cl)C1=O. The van der Waals surface area contributed by atoms with Gasteiger partial charge in [-0.1, -0.05) is 59.1 Å². The molecule has 0 saturated carbocycles. The smallest absolute Gasteiger partial charge is 0.283 e. The van der Waals surface area contributed by atoms with E-state index in [1.54, 1.807) is 18.2 Å². The fraction of sp³-hybridized carbons (Fsp3) is 0.0588. The van der Waals surface area contributed by atoms with Gasteiger partial charge in [0.25, 0.3) is 11.8 Å². The number of amides is 2. The molecule has 0 bridgehead atoms. The zero-order valence-corrected chi connectivity index (χ0v) is 14.7. The van der Waals surface area contributed by atoms with E-state index >= 15 is 0 Å². The van der Waals surface area contributed by atoms with Gasteiger partial charge in [-0.3, -0.25) is 9.59 Å². The van der Waals surface area contributed by atoms with Gasteiger partial charge in [-0.25, -0.2) is 4.90 Å². The summed E-state index contributed by atoms with van der Waals surface area (Å²) < 4.78 is 0. The standard InChI is InChI=1S/C17H11Cl3N2O2/c1-9-5-2-3-7-11(9)21-15-14(20)16(23)22(17(15)24)12-8-4-6-10(18)13(12)19/h2-8,21H,1H3. The Morgan fingerprint density at radius 3 is 2.33 bits per heavy atom. The maximum absolute atomic E-state index is 12.7. The molecule has 2 aromatic carbocycles. The van der Waals surface area contributed by atoms with Crippen LogP contribution in [-0.2, 0) is 9.59 Å². The third-order valence-corrected chi connectivity index (χ3v) is 4.76. The molecular formula is C17H11Cl3N2O2. The van der Waals surface area contributed by atoms with Crippen molar-refractivity contribution in [3.8, 4) is 0 Å². The number of benzene rings is 2. The molecule has 0 atom stereocenters. The molecule has 0 saturated heterocycles. The van der Waals surface area contributed by atoms with E-state index in [4.69, 9.17) is 34.8 Å². The van der Waals surface area contributed by atoms with Crippen LogP contribution in [0.3, 0.4) is 0 Å². The number of rotatable bonds is 3. The van der Waals surface area contributed by atoms with Crippen LogP contribution >= 0.6 is 34.8 Å². The first-order chi connectivity index (χ1) is 11.4. The highest BCUT2D eigenvalue weighted by molar-refractivity contribution is 6.54. The molecule has 1 N–H and O–H groups in total. The number of halogens is 3. The average Bonchev–Trinajstić information content (AvgIpc) is 2.76. The van der Waals surface area contributed by atoms with E-state index < -0.39 is 11.8 Å². The second-order valence-electron chi connectivity index (χ2n) is 5.15. The monoisotopic (exact) mass is 380 g/mol. The summed E-state index contributed by atoms with van der Waals surface area (Å²) in [5.74, 6) is -1.24. The Kier molecular flexibility index (Phi) is 4.54. The molecule has 0 spiro atoms. The van der Waals surface area contributed by atoms with E-state index in [0.29, 0.717) is 5.69 Å². The molecule has 0 aromatic heterocycles. The zero-order chi connectivity index (χ0) is 17.4. The number of hydrogen-bond donors (Lipinski definition) is 1. The molecule has 7 heteroatoms. The van der Waals surface area contributed by atoms with Gasteiger partial charge in [0, 0.05) is 5.69 Å². The van der Waals surface area contributed by atoms with Crippen LogP contribution in [-0.4, -0.2) is 11.8 Å². The summed E-state index contributed by atoms with van der Waals surface area (Å²) >= 11 is 18.2. The molecule has 2 amide bonds. The van der Waals surface area contributed by atoms with Crippen LogP contribution in [0, 0.1) is 6.92 Å². The van der Waals surface area contributed by atoms with Crippen molar-refractivity contribution in [1.29, 1.82) is 0 Å². The van der Waals surface area contributed by atoms with Gasteiger partial charge >= 0.3 is 0 Å². The number of carbonyl (C=O) groups is 2. The van der Waals surface area contributed by atoms with Gasteiger partial charge in [0.2, 0.25) is 0 Å². The van der Waals surface area contributed by atoms with E-state index in [0.717, 1.165) is 10.5 Å². The van der Waals surface area contributed by atoms with Crippen molar-refractivity contribution in [3.63, 3.8) is 0 Å². The summed E-state index contributed by atoms with van der Waals surface area (Å²) in [6.45, 7) is 1.88. The van der Waals surface area contributed by atoms with Crippen molar-refractivity contribution in [3.05, 3.63) is 68.8 Å². The van der Waals surface area contributed by atoms with E-state index in [2.05, 4.69) is 5.32 Å². The van der Waals surface area contributed by atoms with Gasteiger partial charge in [0.05, 0.1) is 15.7 Å². The van der Waals surface area contributed by atoms with Crippen molar-refractivity contribution < 1.29 is 9.59 Å². The second-order valence-corrected chi connectivity index (χ2v) is 6.31. The fourth-order valence-electron chi connectivity index (χ4n) is 2.34. The molecule has 1 heterocycles. The minimum atomic E-state index is -0.651. The second kappa shape index (κ2) is 6.48. The summed E-state index contributed by atoms with van der Waals surface area (Å²) in [6.07, 6.45) is 0. The van der Waals surface area contributed by atoms with Crippen molar-refractivity contribution in [2.24, 2.45) is 0 Å². The van der Waals surface area contributed by atoms with Gasteiger partial charge < -0.3 is 5.32 Å². The maximum Gasteiger partial charge on any atom is 0.283 e. The highest BCUT2D eigenvalue weighted by Crippen LogP contribution is 2.37. The lowest BCUT2D eigenvalue weighted by Gasteiger charge is -2.17. The Morgan fingerprint density at radius 1 is 0.917 bits per heavy atom. The predicted molar refractivity (Wildman–Crippen MR) is 96.6 cm³/mol. The molecule has 24 heavy (non-hydrogen) atoms. The quantitative estimate of drug-likeness (QED) is 0.781. The van der Waals surface area contributed by atoms with Crippen molar-refractivity contribution in [2.75, 3.05) is 10.2 Å². The van der Waals surface area contributed by atoms with Crippen LogP contribution in [0.25, 0.3) is 0 Å². The average molecular weight is 382 g/mol. The Balaban J connectivity index is 1.99. The van der Waals surface area contributed by atoms with Crippen molar-refractivity contribution >= 4 is 58.0 Å². The molecule has 1 aliphatic rings. The van der Waals surface area contributed by atoms with E-state index in [9.17, 15) is 9.59 Å². The van der Waals surface area contributed by atoms with Crippen LogP contribution in [0.1, 0.15) is 5.56 Å². The predicted octanol–water partition coefficient (Wildman–Crippen LogP) is 4.74. The number of nitrogens with zero attached hydrogens (tertiary/aromatic N) is 1. The van der Waals surface area contributed by atoms with E-state index in [-0.39, 0.29) is 26.5 Å². The van der Waals surface area contributed by atoms with Gasteiger partial charge in [-0.05, 0) is 30.7 Å². The highest BCUT2D eigenvalue weighted by Gasteiger charge is 2.40.